The Morgan fingerprint density at radius 1 is 1.11 bits per heavy atom. The van der Waals surface area contributed by atoms with Crippen molar-refractivity contribution in [3.05, 3.63) is 48.1 Å². The van der Waals surface area contributed by atoms with Crippen molar-refractivity contribution in [3.63, 3.8) is 0 Å². The highest BCUT2D eigenvalue weighted by atomic mass is 31.1. The van der Waals surface area contributed by atoms with Gasteiger partial charge in [0.05, 0.1) is 7.05 Å². The molecule has 1 aromatic carbocycles. The van der Waals surface area contributed by atoms with Crippen LogP contribution in [0.3, 0.4) is 0 Å². The zero-order valence-corrected chi connectivity index (χ0v) is 13.5. The van der Waals surface area contributed by atoms with Gasteiger partial charge < -0.3 is 4.90 Å². The summed E-state index contributed by atoms with van der Waals surface area (Å²) >= 11 is 0. The van der Waals surface area contributed by atoms with E-state index in [4.69, 9.17) is 7.05 Å². The third-order valence-electron chi connectivity index (χ3n) is 3.77. The SMILES string of the molecule is [CH]N(C)C1=Cc2ccccc2C1P(C(C)C)C(C)C. The van der Waals surface area contributed by atoms with Crippen LogP contribution in [-0.4, -0.2) is 23.3 Å². The summed E-state index contributed by atoms with van der Waals surface area (Å²) in [5, 5.41) is 0. The lowest BCUT2D eigenvalue weighted by molar-refractivity contribution is 0.548. The molecule has 2 rings (SSSR count). The Bertz CT molecular complexity index is 466. The largest absolute Gasteiger partial charge is 0.370 e. The number of rotatable bonds is 4. The fraction of sp³-hybridized carbons (Fsp3) is 0.471. The predicted molar refractivity (Wildman–Crippen MR) is 86.4 cm³/mol. The second kappa shape index (κ2) is 5.67. The zero-order valence-electron chi connectivity index (χ0n) is 12.6. The summed E-state index contributed by atoms with van der Waals surface area (Å²) in [5.41, 5.74) is 5.97. The molecule has 0 saturated carbocycles. The summed E-state index contributed by atoms with van der Waals surface area (Å²) in [6.07, 6.45) is 2.26. The summed E-state index contributed by atoms with van der Waals surface area (Å²) in [6, 6.07) is 8.73. The van der Waals surface area contributed by atoms with Gasteiger partial charge in [0.15, 0.2) is 0 Å². The van der Waals surface area contributed by atoms with Crippen LogP contribution in [0.1, 0.15) is 44.5 Å². The molecule has 0 aromatic heterocycles. The number of allylic oxidation sites excluding steroid dienone is 1. The first-order valence-corrected chi connectivity index (χ1v) is 8.54. The van der Waals surface area contributed by atoms with Gasteiger partial charge in [-0.1, -0.05) is 59.9 Å². The first-order valence-electron chi connectivity index (χ1n) is 7.00. The van der Waals surface area contributed by atoms with Crippen molar-refractivity contribution < 1.29 is 0 Å². The number of likely N-dealkylation sites (N-methyl/N-ethyl adjacent to an activating group) is 1. The minimum Gasteiger partial charge on any atom is -0.370 e. The maximum Gasteiger partial charge on any atom is 0.0732 e. The lowest BCUT2D eigenvalue weighted by Gasteiger charge is -2.36. The normalized spacial score (nSPS) is 18.2. The van der Waals surface area contributed by atoms with Crippen molar-refractivity contribution in [1.82, 2.24) is 4.90 Å². The van der Waals surface area contributed by atoms with E-state index in [0.717, 1.165) is 0 Å². The van der Waals surface area contributed by atoms with Crippen LogP contribution in [0.15, 0.2) is 30.0 Å². The topological polar surface area (TPSA) is 3.24 Å². The smallest absolute Gasteiger partial charge is 0.0732 e. The lowest BCUT2D eigenvalue weighted by Crippen LogP contribution is -2.18. The Morgan fingerprint density at radius 2 is 1.68 bits per heavy atom. The molecule has 0 spiro atoms. The molecule has 102 valence electrons. The van der Waals surface area contributed by atoms with E-state index in [2.05, 4.69) is 58.0 Å². The Labute approximate surface area is 119 Å². The lowest BCUT2D eigenvalue weighted by atomic mass is 10.1. The molecule has 1 nitrogen and oxygen atoms in total. The molecule has 19 heavy (non-hydrogen) atoms. The molecule has 0 N–H and O–H groups in total. The van der Waals surface area contributed by atoms with Gasteiger partial charge in [-0.2, -0.15) is 0 Å². The minimum atomic E-state index is -0.128. The Kier molecular flexibility index (Phi) is 4.36. The highest BCUT2D eigenvalue weighted by Gasteiger charge is 2.35. The van der Waals surface area contributed by atoms with Crippen molar-refractivity contribution in [1.29, 1.82) is 0 Å². The summed E-state index contributed by atoms with van der Waals surface area (Å²) < 4.78 is 0. The molecule has 0 bridgehead atoms. The number of hydrogen-bond acceptors (Lipinski definition) is 1. The van der Waals surface area contributed by atoms with Crippen molar-refractivity contribution in [2.75, 3.05) is 7.05 Å². The van der Waals surface area contributed by atoms with E-state index in [1.165, 1.54) is 16.8 Å². The highest BCUT2D eigenvalue weighted by Crippen LogP contribution is 2.64. The van der Waals surface area contributed by atoms with E-state index in [0.29, 0.717) is 17.0 Å². The quantitative estimate of drug-likeness (QED) is 0.552. The van der Waals surface area contributed by atoms with E-state index in [1.807, 2.05) is 11.9 Å². The number of benzene rings is 1. The molecule has 0 heterocycles. The summed E-state index contributed by atoms with van der Waals surface area (Å²) in [4.78, 5) is 1.81. The van der Waals surface area contributed by atoms with Gasteiger partial charge in [0, 0.05) is 18.4 Å². The van der Waals surface area contributed by atoms with Crippen LogP contribution in [0.5, 0.6) is 0 Å². The molecule has 1 aliphatic carbocycles. The molecule has 0 saturated heterocycles. The molecule has 2 heteroatoms. The van der Waals surface area contributed by atoms with E-state index in [1.54, 1.807) is 0 Å². The van der Waals surface area contributed by atoms with Crippen LogP contribution >= 0.6 is 7.92 Å². The average molecular weight is 273 g/mol. The van der Waals surface area contributed by atoms with Gasteiger partial charge in [-0.3, -0.25) is 0 Å². The summed E-state index contributed by atoms with van der Waals surface area (Å²) in [6.45, 7) is 9.39. The molecule has 0 fully saturated rings. The van der Waals surface area contributed by atoms with Crippen molar-refractivity contribution in [2.45, 2.75) is 44.7 Å². The third-order valence-corrected chi connectivity index (χ3v) is 7.30. The molecule has 1 atom stereocenters. The van der Waals surface area contributed by atoms with E-state index < -0.39 is 0 Å². The molecule has 1 aromatic rings. The van der Waals surface area contributed by atoms with Crippen LogP contribution in [0.25, 0.3) is 6.08 Å². The molecule has 2 radical (unpaired) electrons. The molecule has 0 aliphatic heterocycles. The number of fused-ring (bicyclic) bond motifs is 1. The summed E-state index contributed by atoms with van der Waals surface area (Å²) in [7, 11) is 7.91. The number of nitrogens with zero attached hydrogens (tertiary/aromatic N) is 1. The molecule has 1 unspecified atom stereocenters. The van der Waals surface area contributed by atoms with Crippen LogP contribution in [-0.2, 0) is 0 Å². The average Bonchev–Trinajstić information content (AvgIpc) is 2.68. The van der Waals surface area contributed by atoms with Crippen LogP contribution in [0.2, 0.25) is 0 Å². The maximum atomic E-state index is 6.08. The van der Waals surface area contributed by atoms with Crippen LogP contribution in [0, 0.1) is 7.05 Å². The van der Waals surface area contributed by atoms with E-state index >= 15 is 0 Å². The molecular weight excluding hydrogens is 249 g/mol. The Morgan fingerprint density at radius 3 is 2.21 bits per heavy atom. The van der Waals surface area contributed by atoms with Gasteiger partial charge in [0.1, 0.15) is 0 Å². The predicted octanol–water partition coefficient (Wildman–Crippen LogP) is 4.98. The van der Waals surface area contributed by atoms with Crippen molar-refractivity contribution in [3.8, 4) is 0 Å². The van der Waals surface area contributed by atoms with Crippen LogP contribution in [0.4, 0.5) is 0 Å². The first kappa shape index (κ1) is 14.6. The monoisotopic (exact) mass is 273 g/mol. The fourth-order valence-electron chi connectivity index (χ4n) is 3.09. The first-order chi connectivity index (χ1) is 8.93. The van der Waals surface area contributed by atoms with E-state index in [-0.39, 0.29) is 7.92 Å². The van der Waals surface area contributed by atoms with Gasteiger partial charge in [0.25, 0.3) is 0 Å². The highest BCUT2D eigenvalue weighted by molar-refractivity contribution is 7.59. The van der Waals surface area contributed by atoms with Gasteiger partial charge >= 0.3 is 0 Å². The Balaban J connectivity index is 2.49. The standard InChI is InChI=1S/C17H24NP/c1-12(2)19(13(3)4)17-15-10-8-7-9-14(15)11-16(17)18(5)6/h5,7-13,17H,1-4,6H3. The van der Waals surface area contributed by atoms with Gasteiger partial charge in [-0.05, 0) is 28.5 Å². The van der Waals surface area contributed by atoms with Crippen molar-refractivity contribution >= 4 is 14.0 Å². The second-order valence-electron chi connectivity index (χ2n) is 5.85. The second-order valence-corrected chi connectivity index (χ2v) is 9.32. The third kappa shape index (κ3) is 2.72. The molecule has 0 amide bonds. The fourth-order valence-corrected chi connectivity index (χ4v) is 6.59. The zero-order chi connectivity index (χ0) is 14.2. The van der Waals surface area contributed by atoms with Gasteiger partial charge in [-0.15, -0.1) is 0 Å². The maximum absolute atomic E-state index is 6.08. The van der Waals surface area contributed by atoms with Gasteiger partial charge in [-0.25, -0.2) is 0 Å². The van der Waals surface area contributed by atoms with Gasteiger partial charge in [0.2, 0.25) is 0 Å². The van der Waals surface area contributed by atoms with Crippen LogP contribution < -0.4 is 0 Å². The molecular formula is C17H24NP. The van der Waals surface area contributed by atoms with Crippen molar-refractivity contribution in [2.24, 2.45) is 0 Å². The Hall–Kier alpha value is -0.810. The van der Waals surface area contributed by atoms with E-state index in [9.17, 15) is 0 Å². The summed E-state index contributed by atoms with van der Waals surface area (Å²) in [5.74, 6) is 0. The molecule has 1 aliphatic rings. The minimum absolute atomic E-state index is 0.128. The number of hydrogen-bond donors (Lipinski definition) is 0.